The minimum Gasteiger partial charge on any atom is -0.369 e. The molecule has 1 aromatic heterocycles. The number of hydrogen-bond donors (Lipinski definition) is 1. The van der Waals surface area contributed by atoms with Gasteiger partial charge in [-0.2, -0.15) is 0 Å². The number of aromatic nitrogens is 1. The Morgan fingerprint density at radius 1 is 1.15 bits per heavy atom. The first-order valence-electron chi connectivity index (χ1n) is 6.99. The van der Waals surface area contributed by atoms with Gasteiger partial charge in [0, 0.05) is 19.6 Å². The second kappa shape index (κ2) is 8.55. The molecule has 1 aromatic rings. The molecule has 0 bridgehead atoms. The third-order valence-electron chi connectivity index (χ3n) is 2.97. The van der Waals surface area contributed by atoms with Crippen LogP contribution < -0.4 is 10.2 Å². The van der Waals surface area contributed by atoms with E-state index in [1.165, 1.54) is 0 Å². The van der Waals surface area contributed by atoms with Crippen LogP contribution in [-0.4, -0.2) is 50.2 Å². The molecule has 114 valence electrons. The van der Waals surface area contributed by atoms with E-state index in [1.54, 1.807) is 6.07 Å². The van der Waals surface area contributed by atoms with Gasteiger partial charge < -0.3 is 15.1 Å². The molecule has 0 fully saturated rings. The van der Waals surface area contributed by atoms with Crippen molar-refractivity contribution in [1.29, 1.82) is 0 Å². The lowest BCUT2D eigenvalue weighted by Gasteiger charge is -2.24. The van der Waals surface area contributed by atoms with Gasteiger partial charge in [-0.3, -0.25) is 0 Å². The third kappa shape index (κ3) is 5.00. The van der Waals surface area contributed by atoms with Gasteiger partial charge >= 0.3 is 0 Å². The summed E-state index contributed by atoms with van der Waals surface area (Å²) in [5, 5.41) is 4.32. The van der Waals surface area contributed by atoms with Crippen LogP contribution in [0.4, 0.5) is 11.6 Å². The van der Waals surface area contributed by atoms with E-state index in [4.69, 9.17) is 23.2 Å². The lowest BCUT2D eigenvalue weighted by Crippen LogP contribution is -2.28. The Morgan fingerprint density at radius 2 is 1.85 bits per heavy atom. The monoisotopic (exact) mass is 318 g/mol. The maximum Gasteiger partial charge on any atom is 0.149 e. The van der Waals surface area contributed by atoms with Crippen LogP contribution in [0.2, 0.25) is 10.0 Å². The number of nitrogens with one attached hydrogen (secondary N) is 1. The minimum atomic E-state index is 0.560. The van der Waals surface area contributed by atoms with Gasteiger partial charge in [0.2, 0.25) is 0 Å². The van der Waals surface area contributed by atoms with E-state index in [-0.39, 0.29) is 0 Å². The number of halogens is 2. The summed E-state index contributed by atoms with van der Waals surface area (Å²) in [6.07, 6.45) is 1.07. The summed E-state index contributed by atoms with van der Waals surface area (Å²) in [6, 6.07) is 1.76. The molecule has 0 saturated carbocycles. The van der Waals surface area contributed by atoms with Crippen LogP contribution in [0.15, 0.2) is 6.07 Å². The topological polar surface area (TPSA) is 31.4 Å². The zero-order chi connectivity index (χ0) is 15.1. The third-order valence-corrected chi connectivity index (χ3v) is 3.54. The Kier molecular flexibility index (Phi) is 7.41. The number of nitrogens with zero attached hydrogens (tertiary/aromatic N) is 3. The van der Waals surface area contributed by atoms with Gasteiger partial charge in [-0.1, -0.05) is 23.2 Å². The van der Waals surface area contributed by atoms with Gasteiger partial charge in [0.25, 0.3) is 0 Å². The van der Waals surface area contributed by atoms with Crippen molar-refractivity contribution in [3.8, 4) is 0 Å². The highest BCUT2D eigenvalue weighted by Gasteiger charge is 2.14. The quantitative estimate of drug-likeness (QED) is 0.793. The molecule has 4 nitrogen and oxygen atoms in total. The molecule has 0 radical (unpaired) electrons. The highest BCUT2D eigenvalue weighted by atomic mass is 35.5. The second-order valence-electron chi connectivity index (χ2n) is 4.89. The largest absolute Gasteiger partial charge is 0.369 e. The molecule has 0 aliphatic rings. The molecule has 0 aliphatic carbocycles. The van der Waals surface area contributed by atoms with Crippen molar-refractivity contribution in [2.45, 2.75) is 20.3 Å². The Labute approximate surface area is 132 Å². The molecule has 0 spiro atoms. The Hall–Kier alpha value is -0.710. The summed E-state index contributed by atoms with van der Waals surface area (Å²) in [7, 11) is 4.15. The van der Waals surface area contributed by atoms with E-state index >= 15 is 0 Å². The fourth-order valence-electron chi connectivity index (χ4n) is 1.96. The first kappa shape index (κ1) is 17.3. The van der Waals surface area contributed by atoms with Crippen molar-refractivity contribution in [2.24, 2.45) is 0 Å². The van der Waals surface area contributed by atoms with Crippen LogP contribution in [0, 0.1) is 0 Å². The molecule has 0 amide bonds. The molecule has 1 N–H and O–H groups in total. The predicted octanol–water partition coefficient (Wildman–Crippen LogP) is 3.60. The zero-order valence-electron chi connectivity index (χ0n) is 12.7. The van der Waals surface area contributed by atoms with E-state index in [9.17, 15) is 0 Å². The molecule has 0 aliphatic heterocycles. The standard InChI is InChI=1S/C14H24Cl2N4/c1-5-17-13-11(15)10-12(16)14(18-13)20(6-2)9-7-8-19(3)4/h10H,5-9H2,1-4H3,(H,17,18). The smallest absolute Gasteiger partial charge is 0.149 e. The summed E-state index contributed by atoms with van der Waals surface area (Å²) in [5.74, 6) is 1.49. The van der Waals surface area contributed by atoms with Crippen molar-refractivity contribution in [1.82, 2.24) is 9.88 Å². The number of rotatable bonds is 8. The van der Waals surface area contributed by atoms with Crippen molar-refractivity contribution in [3.63, 3.8) is 0 Å². The Bertz CT molecular complexity index is 424. The van der Waals surface area contributed by atoms with E-state index in [2.05, 4.69) is 41.1 Å². The summed E-state index contributed by atoms with van der Waals surface area (Å²) in [4.78, 5) is 8.93. The van der Waals surface area contributed by atoms with E-state index in [0.717, 1.165) is 38.4 Å². The lowest BCUT2D eigenvalue weighted by molar-refractivity contribution is 0.400. The second-order valence-corrected chi connectivity index (χ2v) is 5.71. The van der Waals surface area contributed by atoms with Crippen LogP contribution in [0.1, 0.15) is 20.3 Å². The molecule has 0 saturated heterocycles. The van der Waals surface area contributed by atoms with Crippen LogP contribution >= 0.6 is 23.2 Å². The van der Waals surface area contributed by atoms with Gasteiger partial charge in [0.05, 0.1) is 10.0 Å². The van der Waals surface area contributed by atoms with Gasteiger partial charge in [-0.15, -0.1) is 0 Å². The normalized spacial score (nSPS) is 10.9. The predicted molar refractivity (Wildman–Crippen MR) is 89.5 cm³/mol. The average Bonchev–Trinajstić information content (AvgIpc) is 2.38. The first-order valence-corrected chi connectivity index (χ1v) is 7.74. The van der Waals surface area contributed by atoms with Crippen molar-refractivity contribution in [3.05, 3.63) is 16.1 Å². The Morgan fingerprint density at radius 3 is 2.40 bits per heavy atom. The molecule has 1 rings (SSSR count). The fraction of sp³-hybridized carbons (Fsp3) is 0.643. The summed E-state index contributed by atoms with van der Waals surface area (Å²) in [5.41, 5.74) is 0. The highest BCUT2D eigenvalue weighted by molar-refractivity contribution is 6.37. The Balaban J connectivity index is 2.87. The number of hydrogen-bond acceptors (Lipinski definition) is 4. The minimum absolute atomic E-state index is 0.560. The maximum atomic E-state index is 6.29. The van der Waals surface area contributed by atoms with Crippen molar-refractivity contribution >= 4 is 34.8 Å². The molecule has 20 heavy (non-hydrogen) atoms. The molecule has 6 heteroatoms. The van der Waals surface area contributed by atoms with E-state index in [1.807, 2.05) is 6.92 Å². The van der Waals surface area contributed by atoms with Gasteiger partial charge in [0.15, 0.2) is 0 Å². The van der Waals surface area contributed by atoms with Gasteiger partial charge in [-0.25, -0.2) is 4.98 Å². The molecule has 0 atom stereocenters. The number of anilines is 2. The summed E-state index contributed by atoms with van der Waals surface area (Å²) >= 11 is 12.4. The van der Waals surface area contributed by atoms with Crippen LogP contribution in [0.25, 0.3) is 0 Å². The first-order chi connectivity index (χ1) is 9.49. The zero-order valence-corrected chi connectivity index (χ0v) is 14.2. The van der Waals surface area contributed by atoms with Crippen LogP contribution in [0.5, 0.6) is 0 Å². The van der Waals surface area contributed by atoms with E-state index in [0.29, 0.717) is 15.9 Å². The maximum absolute atomic E-state index is 6.29. The van der Waals surface area contributed by atoms with Gasteiger partial charge in [0.1, 0.15) is 11.6 Å². The molecular formula is C14H24Cl2N4. The van der Waals surface area contributed by atoms with Crippen molar-refractivity contribution < 1.29 is 0 Å². The summed E-state index contributed by atoms with van der Waals surface area (Å²) in [6.45, 7) is 7.74. The average molecular weight is 319 g/mol. The molecule has 0 aromatic carbocycles. The fourth-order valence-corrected chi connectivity index (χ4v) is 2.51. The molecule has 0 unspecified atom stereocenters. The van der Waals surface area contributed by atoms with Crippen molar-refractivity contribution in [2.75, 3.05) is 50.5 Å². The molecule has 1 heterocycles. The lowest BCUT2D eigenvalue weighted by atomic mass is 10.3. The van der Waals surface area contributed by atoms with E-state index < -0.39 is 0 Å². The number of pyridine rings is 1. The van der Waals surface area contributed by atoms with Gasteiger partial charge in [-0.05, 0) is 47.0 Å². The summed E-state index contributed by atoms with van der Waals surface area (Å²) < 4.78 is 0. The van der Waals surface area contributed by atoms with Crippen LogP contribution in [-0.2, 0) is 0 Å². The van der Waals surface area contributed by atoms with Crippen LogP contribution in [0.3, 0.4) is 0 Å². The SMILES string of the molecule is CCNc1nc(N(CC)CCCN(C)C)c(Cl)cc1Cl. The molecular weight excluding hydrogens is 295 g/mol. The highest BCUT2D eigenvalue weighted by Crippen LogP contribution is 2.31.